The summed E-state index contributed by atoms with van der Waals surface area (Å²) in [5.41, 5.74) is 0.793. The van der Waals surface area contributed by atoms with E-state index in [-0.39, 0.29) is 5.91 Å². The molecule has 0 heterocycles. The summed E-state index contributed by atoms with van der Waals surface area (Å²) in [4.78, 5) is 12.7. The maximum Gasteiger partial charge on any atom is 0.265 e. The first-order valence-electron chi connectivity index (χ1n) is 8.65. The second-order valence-electron chi connectivity index (χ2n) is 6.25. The molecule has 1 amide bonds. The second kappa shape index (κ2) is 6.89. The van der Waals surface area contributed by atoms with Gasteiger partial charge < -0.3 is 10.1 Å². The smallest absolute Gasteiger partial charge is 0.265 e. The summed E-state index contributed by atoms with van der Waals surface area (Å²) in [6, 6.07) is 27.7. The number of rotatable bonds is 4. The zero-order chi connectivity index (χ0) is 17.9. The highest BCUT2D eigenvalue weighted by Gasteiger charge is 2.17. The van der Waals surface area contributed by atoms with Gasteiger partial charge in [-0.25, -0.2) is 0 Å². The summed E-state index contributed by atoms with van der Waals surface area (Å²) >= 11 is 0. The second-order valence-corrected chi connectivity index (χ2v) is 6.25. The minimum absolute atomic E-state index is 0.172. The molecule has 3 heteroatoms. The average Bonchev–Trinajstić information content (AvgIpc) is 2.68. The third kappa shape index (κ3) is 3.11. The number of carbonyl (C=O) groups excluding carboxylic acids is 1. The van der Waals surface area contributed by atoms with Gasteiger partial charge in [-0.3, -0.25) is 4.79 Å². The minimum atomic E-state index is -0.611. The summed E-state index contributed by atoms with van der Waals surface area (Å²) in [7, 11) is 0. The number of hydrogen-bond acceptors (Lipinski definition) is 2. The molecule has 0 saturated heterocycles. The van der Waals surface area contributed by atoms with Crippen LogP contribution in [0.5, 0.6) is 5.75 Å². The lowest BCUT2D eigenvalue weighted by molar-refractivity contribution is -0.122. The van der Waals surface area contributed by atoms with Gasteiger partial charge in [-0.2, -0.15) is 0 Å². The van der Waals surface area contributed by atoms with E-state index in [0.29, 0.717) is 5.75 Å². The quantitative estimate of drug-likeness (QED) is 0.540. The largest absolute Gasteiger partial charge is 0.480 e. The molecular weight excluding hydrogens is 322 g/mol. The van der Waals surface area contributed by atoms with Gasteiger partial charge in [-0.1, -0.05) is 72.8 Å². The molecule has 0 spiro atoms. The highest BCUT2D eigenvalue weighted by molar-refractivity contribution is 6.03. The number of hydrogen-bond donors (Lipinski definition) is 1. The Morgan fingerprint density at radius 1 is 0.769 bits per heavy atom. The van der Waals surface area contributed by atoms with Crippen LogP contribution < -0.4 is 10.1 Å². The summed E-state index contributed by atoms with van der Waals surface area (Å²) < 4.78 is 5.96. The molecule has 0 bridgehead atoms. The van der Waals surface area contributed by atoms with E-state index in [9.17, 15) is 4.79 Å². The third-order valence-electron chi connectivity index (χ3n) is 4.47. The van der Waals surface area contributed by atoms with Crippen LogP contribution in [0.25, 0.3) is 21.5 Å². The van der Waals surface area contributed by atoms with Gasteiger partial charge in [0.1, 0.15) is 5.75 Å². The van der Waals surface area contributed by atoms with Crippen molar-refractivity contribution in [2.75, 3.05) is 5.32 Å². The van der Waals surface area contributed by atoms with Crippen molar-refractivity contribution >= 4 is 33.1 Å². The highest BCUT2D eigenvalue weighted by atomic mass is 16.5. The Balaban J connectivity index is 1.56. The monoisotopic (exact) mass is 341 g/mol. The van der Waals surface area contributed by atoms with Crippen molar-refractivity contribution in [1.29, 1.82) is 0 Å². The van der Waals surface area contributed by atoms with Gasteiger partial charge in [0.15, 0.2) is 6.10 Å². The molecule has 0 aliphatic rings. The Morgan fingerprint density at radius 3 is 2.12 bits per heavy atom. The molecule has 0 radical (unpaired) electrons. The van der Waals surface area contributed by atoms with Crippen LogP contribution in [0.4, 0.5) is 5.69 Å². The van der Waals surface area contributed by atoms with Crippen LogP contribution in [0.3, 0.4) is 0 Å². The van der Waals surface area contributed by atoms with E-state index < -0.39 is 6.10 Å². The molecule has 4 aromatic carbocycles. The normalized spacial score (nSPS) is 12.0. The lowest BCUT2D eigenvalue weighted by Gasteiger charge is -2.17. The first-order valence-corrected chi connectivity index (χ1v) is 8.65. The standard InChI is InChI=1S/C23H19NO2/c1-16(26-22-15-7-11-18-9-3-5-13-20(18)22)23(25)24-21-14-6-10-17-8-2-4-12-19(17)21/h2-16H,1H3,(H,24,25)/t16-/m1/s1. The van der Waals surface area contributed by atoms with E-state index in [1.54, 1.807) is 6.92 Å². The van der Waals surface area contributed by atoms with Crippen molar-refractivity contribution in [3.63, 3.8) is 0 Å². The Kier molecular flexibility index (Phi) is 4.28. The van der Waals surface area contributed by atoms with Crippen molar-refractivity contribution < 1.29 is 9.53 Å². The van der Waals surface area contributed by atoms with Crippen molar-refractivity contribution in [2.45, 2.75) is 13.0 Å². The molecule has 1 N–H and O–H groups in total. The number of nitrogens with one attached hydrogen (secondary N) is 1. The molecule has 0 fully saturated rings. The fourth-order valence-corrected chi connectivity index (χ4v) is 3.11. The Morgan fingerprint density at radius 2 is 1.35 bits per heavy atom. The summed E-state index contributed by atoms with van der Waals surface area (Å²) in [6.45, 7) is 1.77. The molecule has 0 unspecified atom stereocenters. The van der Waals surface area contributed by atoms with Crippen molar-refractivity contribution in [3.05, 3.63) is 84.9 Å². The fourth-order valence-electron chi connectivity index (χ4n) is 3.11. The van der Waals surface area contributed by atoms with Gasteiger partial charge in [0, 0.05) is 16.5 Å². The van der Waals surface area contributed by atoms with Crippen LogP contribution in [0.15, 0.2) is 84.9 Å². The predicted molar refractivity (Wildman–Crippen MR) is 107 cm³/mol. The van der Waals surface area contributed by atoms with E-state index in [2.05, 4.69) is 5.32 Å². The van der Waals surface area contributed by atoms with Gasteiger partial charge in [0.2, 0.25) is 0 Å². The van der Waals surface area contributed by atoms with Crippen LogP contribution in [0, 0.1) is 0 Å². The number of amides is 1. The summed E-state index contributed by atoms with van der Waals surface area (Å²) in [6.07, 6.45) is -0.611. The van der Waals surface area contributed by atoms with E-state index in [1.165, 1.54) is 0 Å². The molecule has 0 aliphatic carbocycles. The highest BCUT2D eigenvalue weighted by Crippen LogP contribution is 2.27. The number of carbonyl (C=O) groups is 1. The Hall–Kier alpha value is -3.33. The van der Waals surface area contributed by atoms with Gasteiger partial charge in [-0.15, -0.1) is 0 Å². The zero-order valence-electron chi connectivity index (χ0n) is 14.5. The molecule has 4 aromatic rings. The molecule has 26 heavy (non-hydrogen) atoms. The zero-order valence-corrected chi connectivity index (χ0v) is 14.5. The van der Waals surface area contributed by atoms with Crippen LogP contribution in [0.2, 0.25) is 0 Å². The Labute approximate surface area is 152 Å². The van der Waals surface area contributed by atoms with E-state index in [1.807, 2.05) is 84.9 Å². The third-order valence-corrected chi connectivity index (χ3v) is 4.47. The van der Waals surface area contributed by atoms with Crippen molar-refractivity contribution in [2.24, 2.45) is 0 Å². The van der Waals surface area contributed by atoms with Gasteiger partial charge in [-0.05, 0) is 29.8 Å². The van der Waals surface area contributed by atoms with Crippen molar-refractivity contribution in [1.82, 2.24) is 0 Å². The SMILES string of the molecule is C[C@@H](Oc1cccc2ccccc12)C(=O)Nc1cccc2ccccc12. The number of benzene rings is 4. The van der Waals surface area contributed by atoms with Crippen LogP contribution in [-0.2, 0) is 4.79 Å². The molecule has 0 aliphatic heterocycles. The van der Waals surface area contributed by atoms with Crippen LogP contribution in [0.1, 0.15) is 6.92 Å². The van der Waals surface area contributed by atoms with Crippen LogP contribution >= 0.6 is 0 Å². The molecule has 128 valence electrons. The lowest BCUT2D eigenvalue weighted by Crippen LogP contribution is -2.30. The van der Waals surface area contributed by atoms with Gasteiger partial charge >= 0.3 is 0 Å². The number of fused-ring (bicyclic) bond motifs is 2. The number of ether oxygens (including phenoxy) is 1. The first-order chi connectivity index (χ1) is 12.7. The number of anilines is 1. The maximum atomic E-state index is 12.7. The van der Waals surface area contributed by atoms with E-state index in [4.69, 9.17) is 4.74 Å². The van der Waals surface area contributed by atoms with E-state index in [0.717, 1.165) is 27.2 Å². The topological polar surface area (TPSA) is 38.3 Å². The molecular formula is C23H19NO2. The molecule has 4 rings (SSSR count). The fraction of sp³-hybridized carbons (Fsp3) is 0.0870. The molecule has 0 saturated carbocycles. The van der Waals surface area contributed by atoms with Gasteiger partial charge in [0.25, 0.3) is 5.91 Å². The average molecular weight is 341 g/mol. The van der Waals surface area contributed by atoms with Crippen LogP contribution in [-0.4, -0.2) is 12.0 Å². The van der Waals surface area contributed by atoms with Gasteiger partial charge in [0.05, 0.1) is 0 Å². The predicted octanol–water partition coefficient (Wildman–Crippen LogP) is 5.40. The summed E-state index contributed by atoms with van der Waals surface area (Å²) in [5, 5.41) is 7.18. The van der Waals surface area contributed by atoms with Crippen molar-refractivity contribution in [3.8, 4) is 5.75 Å². The minimum Gasteiger partial charge on any atom is -0.480 e. The maximum absolute atomic E-state index is 12.7. The molecule has 3 nitrogen and oxygen atoms in total. The summed E-state index contributed by atoms with van der Waals surface area (Å²) in [5.74, 6) is 0.540. The lowest BCUT2D eigenvalue weighted by atomic mass is 10.1. The first kappa shape index (κ1) is 16.2. The Bertz CT molecular complexity index is 1080. The molecule has 0 aromatic heterocycles. The van der Waals surface area contributed by atoms with E-state index >= 15 is 0 Å². The molecule has 1 atom stereocenters.